The standard InChI is InChI=1S/C12H18N2O4S/c15-12(16)9-19(17,18)8-10-6-7-14(13-10)11-4-2-1-3-5-11/h6-7,11H,1-5,8-9H2,(H,15,16). The Hall–Kier alpha value is -1.37. The Kier molecular flexibility index (Phi) is 4.24. The van der Waals surface area contributed by atoms with Gasteiger partial charge >= 0.3 is 5.97 Å². The lowest BCUT2D eigenvalue weighted by Crippen LogP contribution is -2.18. The highest BCUT2D eigenvalue weighted by Crippen LogP contribution is 2.27. The number of carboxylic acid groups (broad SMARTS) is 1. The number of aliphatic carboxylic acids is 1. The van der Waals surface area contributed by atoms with Crippen molar-refractivity contribution in [2.24, 2.45) is 0 Å². The molecule has 1 N–H and O–H groups in total. The first-order chi connectivity index (χ1) is 8.96. The average molecular weight is 286 g/mol. The Morgan fingerprint density at radius 2 is 2.05 bits per heavy atom. The molecule has 0 spiro atoms. The van der Waals surface area contributed by atoms with Crippen molar-refractivity contribution in [1.29, 1.82) is 0 Å². The van der Waals surface area contributed by atoms with E-state index >= 15 is 0 Å². The van der Waals surface area contributed by atoms with Crippen LogP contribution in [0.1, 0.15) is 43.8 Å². The van der Waals surface area contributed by atoms with Crippen LogP contribution in [0.3, 0.4) is 0 Å². The maximum atomic E-state index is 11.6. The normalized spacial score (nSPS) is 17.5. The van der Waals surface area contributed by atoms with Gasteiger partial charge in [0.1, 0.15) is 5.75 Å². The number of sulfone groups is 1. The average Bonchev–Trinajstić information content (AvgIpc) is 2.76. The van der Waals surface area contributed by atoms with Crippen LogP contribution in [0.15, 0.2) is 12.3 Å². The van der Waals surface area contributed by atoms with Crippen molar-refractivity contribution < 1.29 is 18.3 Å². The fourth-order valence-corrected chi connectivity index (χ4v) is 3.55. The molecule has 1 aromatic rings. The Morgan fingerprint density at radius 3 is 2.68 bits per heavy atom. The predicted molar refractivity (Wildman–Crippen MR) is 69.5 cm³/mol. The fraction of sp³-hybridized carbons (Fsp3) is 0.667. The number of hydrogen-bond donors (Lipinski definition) is 1. The van der Waals surface area contributed by atoms with Gasteiger partial charge < -0.3 is 5.11 Å². The molecule has 0 atom stereocenters. The summed E-state index contributed by atoms with van der Waals surface area (Å²) in [6.45, 7) is 0. The summed E-state index contributed by atoms with van der Waals surface area (Å²) < 4.78 is 25.0. The van der Waals surface area contributed by atoms with E-state index in [-0.39, 0.29) is 5.75 Å². The minimum absolute atomic E-state index is 0.307. The molecule has 1 saturated carbocycles. The Bertz CT molecular complexity index is 544. The van der Waals surface area contributed by atoms with E-state index in [0.29, 0.717) is 11.7 Å². The van der Waals surface area contributed by atoms with E-state index < -0.39 is 21.6 Å². The molecule has 7 heteroatoms. The third-order valence-corrected chi connectivity index (χ3v) is 4.75. The molecule has 0 amide bonds. The van der Waals surface area contributed by atoms with Gasteiger partial charge in [-0.25, -0.2) is 8.42 Å². The fourth-order valence-electron chi connectivity index (χ4n) is 2.47. The van der Waals surface area contributed by atoms with Crippen LogP contribution in [0.5, 0.6) is 0 Å². The second kappa shape index (κ2) is 5.73. The van der Waals surface area contributed by atoms with Crippen LogP contribution >= 0.6 is 0 Å². The molecule has 1 aliphatic rings. The van der Waals surface area contributed by atoms with Crippen LogP contribution in [0.25, 0.3) is 0 Å². The van der Waals surface area contributed by atoms with E-state index in [1.807, 2.05) is 4.68 Å². The molecular weight excluding hydrogens is 268 g/mol. The zero-order valence-corrected chi connectivity index (χ0v) is 11.5. The lowest BCUT2D eigenvalue weighted by molar-refractivity contribution is -0.134. The summed E-state index contributed by atoms with van der Waals surface area (Å²) in [5, 5.41) is 12.8. The molecule has 0 aromatic carbocycles. The SMILES string of the molecule is O=C(O)CS(=O)(=O)Cc1ccn(C2CCCCC2)n1. The van der Waals surface area contributed by atoms with Gasteiger partial charge in [0.15, 0.2) is 9.84 Å². The molecule has 1 aromatic heterocycles. The van der Waals surface area contributed by atoms with E-state index in [9.17, 15) is 13.2 Å². The highest BCUT2D eigenvalue weighted by atomic mass is 32.2. The molecule has 6 nitrogen and oxygen atoms in total. The maximum absolute atomic E-state index is 11.6. The van der Waals surface area contributed by atoms with E-state index in [2.05, 4.69) is 5.10 Å². The van der Waals surface area contributed by atoms with Crippen LogP contribution in [-0.4, -0.2) is 35.0 Å². The van der Waals surface area contributed by atoms with Crippen LogP contribution in [-0.2, 0) is 20.4 Å². The monoisotopic (exact) mass is 286 g/mol. The summed E-state index contributed by atoms with van der Waals surface area (Å²) in [4.78, 5) is 10.5. The zero-order valence-electron chi connectivity index (χ0n) is 10.7. The predicted octanol–water partition coefficient (Wildman–Crippen LogP) is 1.39. The summed E-state index contributed by atoms with van der Waals surface area (Å²) in [5.41, 5.74) is 0.423. The van der Waals surface area contributed by atoms with Gasteiger partial charge in [0, 0.05) is 6.20 Å². The van der Waals surface area contributed by atoms with Gasteiger partial charge in [-0.1, -0.05) is 19.3 Å². The van der Waals surface area contributed by atoms with Crippen molar-refractivity contribution >= 4 is 15.8 Å². The third-order valence-electron chi connectivity index (χ3n) is 3.32. The molecule has 106 valence electrons. The van der Waals surface area contributed by atoms with E-state index in [1.165, 1.54) is 19.3 Å². The highest BCUT2D eigenvalue weighted by Gasteiger charge is 2.20. The number of nitrogens with zero attached hydrogens (tertiary/aromatic N) is 2. The minimum atomic E-state index is -3.63. The van der Waals surface area contributed by atoms with Crippen LogP contribution in [0.4, 0.5) is 0 Å². The quantitative estimate of drug-likeness (QED) is 0.883. The topological polar surface area (TPSA) is 89.3 Å². The molecule has 1 aliphatic carbocycles. The van der Waals surface area contributed by atoms with Gasteiger partial charge in [-0.15, -0.1) is 0 Å². The number of carboxylic acids is 1. The van der Waals surface area contributed by atoms with Crippen molar-refractivity contribution in [2.75, 3.05) is 5.75 Å². The lowest BCUT2D eigenvalue weighted by Gasteiger charge is -2.21. The van der Waals surface area contributed by atoms with Crippen LogP contribution in [0, 0.1) is 0 Å². The molecule has 0 bridgehead atoms. The van der Waals surface area contributed by atoms with Crippen molar-refractivity contribution in [3.05, 3.63) is 18.0 Å². The molecule has 0 unspecified atom stereocenters. The van der Waals surface area contributed by atoms with E-state index in [4.69, 9.17) is 5.11 Å². The molecular formula is C12H18N2O4S. The molecule has 0 aliphatic heterocycles. The Morgan fingerprint density at radius 1 is 1.37 bits per heavy atom. The summed E-state index contributed by atoms with van der Waals surface area (Å²) in [5.74, 6) is -2.48. The van der Waals surface area contributed by atoms with Crippen molar-refractivity contribution in [2.45, 2.75) is 43.9 Å². The Labute approximate surface area is 112 Å². The molecule has 19 heavy (non-hydrogen) atoms. The zero-order chi connectivity index (χ0) is 13.9. The van der Waals surface area contributed by atoms with Gasteiger partial charge in [0.2, 0.25) is 0 Å². The third kappa shape index (κ3) is 4.05. The number of aromatic nitrogens is 2. The van der Waals surface area contributed by atoms with Crippen molar-refractivity contribution in [3.63, 3.8) is 0 Å². The lowest BCUT2D eigenvalue weighted by atomic mass is 9.96. The van der Waals surface area contributed by atoms with Crippen LogP contribution < -0.4 is 0 Å². The van der Waals surface area contributed by atoms with E-state index in [1.54, 1.807) is 12.3 Å². The Balaban J connectivity index is 2.02. The van der Waals surface area contributed by atoms with Crippen LogP contribution in [0.2, 0.25) is 0 Å². The van der Waals surface area contributed by atoms with Gasteiger partial charge in [-0.05, 0) is 18.9 Å². The molecule has 0 saturated heterocycles. The summed E-state index contributed by atoms with van der Waals surface area (Å²) in [7, 11) is -3.63. The van der Waals surface area contributed by atoms with Crippen molar-refractivity contribution in [1.82, 2.24) is 9.78 Å². The smallest absolute Gasteiger partial charge is 0.318 e. The molecule has 0 radical (unpaired) electrons. The largest absolute Gasteiger partial charge is 0.480 e. The molecule has 1 fully saturated rings. The second-order valence-electron chi connectivity index (χ2n) is 5.00. The van der Waals surface area contributed by atoms with E-state index in [0.717, 1.165) is 12.8 Å². The van der Waals surface area contributed by atoms with Gasteiger partial charge in [-0.2, -0.15) is 5.10 Å². The first-order valence-electron chi connectivity index (χ1n) is 6.42. The number of hydrogen-bond acceptors (Lipinski definition) is 4. The summed E-state index contributed by atoms with van der Waals surface area (Å²) in [6, 6.07) is 2.01. The highest BCUT2D eigenvalue weighted by molar-refractivity contribution is 7.91. The first-order valence-corrected chi connectivity index (χ1v) is 8.25. The summed E-state index contributed by atoms with van der Waals surface area (Å²) >= 11 is 0. The first kappa shape index (κ1) is 14.0. The number of rotatable bonds is 5. The maximum Gasteiger partial charge on any atom is 0.318 e. The number of carbonyl (C=O) groups is 1. The molecule has 2 rings (SSSR count). The molecule has 1 heterocycles. The van der Waals surface area contributed by atoms with Gasteiger partial charge in [0.25, 0.3) is 0 Å². The van der Waals surface area contributed by atoms with Gasteiger partial charge in [-0.3, -0.25) is 9.48 Å². The minimum Gasteiger partial charge on any atom is -0.480 e. The van der Waals surface area contributed by atoms with Gasteiger partial charge in [0.05, 0.1) is 17.5 Å². The van der Waals surface area contributed by atoms with Crippen molar-refractivity contribution in [3.8, 4) is 0 Å². The second-order valence-corrected chi connectivity index (χ2v) is 7.07. The summed E-state index contributed by atoms with van der Waals surface area (Å²) in [6.07, 6.45) is 7.54.